The molecule has 196 valence electrons. The van der Waals surface area contributed by atoms with Gasteiger partial charge in [-0.15, -0.1) is 0 Å². The fourth-order valence-electron chi connectivity index (χ4n) is 8.95. The molecule has 1 saturated heterocycles. The van der Waals surface area contributed by atoms with Crippen molar-refractivity contribution in [1.29, 1.82) is 0 Å². The quantitative estimate of drug-likeness (QED) is 0.450. The van der Waals surface area contributed by atoms with Gasteiger partial charge in [-0.1, -0.05) is 41.5 Å². The summed E-state index contributed by atoms with van der Waals surface area (Å²) in [5.74, 6) is 0.948. The number of cyclic esters (lactones) is 1. The average Bonchev–Trinajstić information content (AvgIpc) is 3.09. The maximum atomic E-state index is 13.0. The minimum absolute atomic E-state index is 0.00827. The second-order valence-electron chi connectivity index (χ2n) is 13.3. The number of rotatable bonds is 5. The monoisotopic (exact) mass is 480 g/mol. The van der Waals surface area contributed by atoms with Gasteiger partial charge in [-0.2, -0.15) is 0 Å². The van der Waals surface area contributed by atoms with Gasteiger partial charge in [-0.25, -0.2) is 0 Å². The molecule has 4 rings (SSSR count). The molecule has 13 atom stereocenters. The Balaban J connectivity index is 1.58. The molecule has 0 spiro atoms. The highest BCUT2D eigenvalue weighted by Crippen LogP contribution is 2.66. The minimum atomic E-state index is -0.867. The standard InChI is InChI=1S/C28H48O6/c1-14(2)15(3)24(31)25(32)16(4)18-7-8-19-17-13-34-26(33)21-11-22(29)23(30)12-28(21,6)20(17)9-10-27(18,19)5/h14-25,29-32H,7-13H2,1-6H3/t15-,16-,17-,18+,19?,20?,21+,22-,23+,24+,25+,27+,28+/m0/s1. The number of ether oxygens (including phenoxy) is 1. The summed E-state index contributed by atoms with van der Waals surface area (Å²) in [5, 5.41) is 42.9. The third-order valence-electron chi connectivity index (χ3n) is 11.5. The van der Waals surface area contributed by atoms with E-state index in [4.69, 9.17) is 4.74 Å². The number of hydrogen-bond donors (Lipinski definition) is 4. The molecule has 6 heteroatoms. The number of carbonyl (C=O) groups is 1. The normalized spacial score (nSPS) is 48.1. The van der Waals surface area contributed by atoms with E-state index in [9.17, 15) is 25.2 Å². The van der Waals surface area contributed by atoms with E-state index in [2.05, 4.69) is 34.6 Å². The molecule has 0 aromatic rings. The van der Waals surface area contributed by atoms with Crippen LogP contribution in [-0.4, -0.2) is 57.4 Å². The van der Waals surface area contributed by atoms with Crippen molar-refractivity contribution >= 4 is 5.97 Å². The van der Waals surface area contributed by atoms with Crippen LogP contribution in [0.25, 0.3) is 0 Å². The number of aliphatic hydroxyl groups is 4. The van der Waals surface area contributed by atoms with Crippen LogP contribution in [0.2, 0.25) is 0 Å². The SMILES string of the molecule is CC(C)[C@H](C)[C@@H](O)[C@H](O)[C@@H](C)[C@H]1CCC2[C@@H]3COC(=O)[C@H]4C[C@H](O)[C@H](O)C[C@]4(C)C3CC[C@@]21C. The summed E-state index contributed by atoms with van der Waals surface area (Å²) in [6.45, 7) is 13.2. The van der Waals surface area contributed by atoms with Gasteiger partial charge in [0.25, 0.3) is 0 Å². The maximum Gasteiger partial charge on any atom is 0.309 e. The molecule has 3 aliphatic carbocycles. The van der Waals surface area contributed by atoms with Gasteiger partial charge in [0.05, 0.1) is 36.9 Å². The van der Waals surface area contributed by atoms with Crippen LogP contribution >= 0.6 is 0 Å². The van der Waals surface area contributed by atoms with Gasteiger partial charge in [0, 0.05) is 0 Å². The van der Waals surface area contributed by atoms with Crippen LogP contribution in [0, 0.1) is 58.2 Å². The smallest absolute Gasteiger partial charge is 0.309 e. The van der Waals surface area contributed by atoms with E-state index in [-0.39, 0.29) is 52.8 Å². The predicted octanol–water partition coefficient (Wildman–Crippen LogP) is 3.39. The van der Waals surface area contributed by atoms with Crippen molar-refractivity contribution in [2.75, 3.05) is 6.61 Å². The first kappa shape index (κ1) is 26.4. The summed E-state index contributed by atoms with van der Waals surface area (Å²) < 4.78 is 5.86. The Morgan fingerprint density at radius 2 is 1.56 bits per heavy atom. The molecular formula is C28H48O6. The van der Waals surface area contributed by atoms with E-state index in [0.717, 1.165) is 25.7 Å². The summed E-state index contributed by atoms with van der Waals surface area (Å²) in [4.78, 5) is 13.0. The molecule has 4 N–H and O–H groups in total. The lowest BCUT2D eigenvalue weighted by Crippen LogP contribution is -2.55. The number of hydrogen-bond acceptors (Lipinski definition) is 6. The maximum absolute atomic E-state index is 13.0. The number of carbonyl (C=O) groups excluding carboxylic acids is 1. The Bertz CT molecular complexity index is 755. The van der Waals surface area contributed by atoms with Crippen molar-refractivity contribution in [2.45, 2.75) is 104 Å². The van der Waals surface area contributed by atoms with Crippen LogP contribution in [0.1, 0.15) is 80.1 Å². The average molecular weight is 481 g/mol. The van der Waals surface area contributed by atoms with Gasteiger partial charge in [0.2, 0.25) is 0 Å². The molecule has 2 unspecified atom stereocenters. The van der Waals surface area contributed by atoms with Gasteiger partial charge in [0.1, 0.15) is 0 Å². The van der Waals surface area contributed by atoms with Crippen LogP contribution < -0.4 is 0 Å². The molecule has 0 aromatic heterocycles. The third-order valence-corrected chi connectivity index (χ3v) is 11.5. The fourth-order valence-corrected chi connectivity index (χ4v) is 8.95. The van der Waals surface area contributed by atoms with E-state index in [1.165, 1.54) is 0 Å². The second kappa shape index (κ2) is 9.32. The Hall–Kier alpha value is -0.690. The third kappa shape index (κ3) is 4.05. The van der Waals surface area contributed by atoms with Crippen molar-refractivity contribution < 1.29 is 30.0 Å². The molecule has 4 aliphatic rings. The summed E-state index contributed by atoms with van der Waals surface area (Å²) in [6.07, 6.45) is 1.61. The highest BCUT2D eigenvalue weighted by Gasteiger charge is 2.63. The number of aliphatic hydroxyl groups excluding tert-OH is 4. The van der Waals surface area contributed by atoms with Crippen molar-refractivity contribution in [2.24, 2.45) is 58.2 Å². The highest BCUT2D eigenvalue weighted by atomic mass is 16.5. The molecule has 4 fully saturated rings. The zero-order chi connectivity index (χ0) is 25.2. The Labute approximate surface area is 205 Å². The topological polar surface area (TPSA) is 107 Å². The first-order valence-electron chi connectivity index (χ1n) is 13.7. The molecule has 1 aliphatic heterocycles. The van der Waals surface area contributed by atoms with Gasteiger partial charge in [0.15, 0.2) is 0 Å². The molecule has 0 amide bonds. The van der Waals surface area contributed by atoms with Crippen LogP contribution in [-0.2, 0) is 9.53 Å². The molecule has 6 nitrogen and oxygen atoms in total. The zero-order valence-electron chi connectivity index (χ0n) is 22.0. The largest absolute Gasteiger partial charge is 0.465 e. The van der Waals surface area contributed by atoms with E-state index in [1.807, 2.05) is 6.92 Å². The van der Waals surface area contributed by atoms with Gasteiger partial charge in [-0.3, -0.25) is 4.79 Å². The van der Waals surface area contributed by atoms with Gasteiger partial charge >= 0.3 is 5.97 Å². The van der Waals surface area contributed by atoms with Crippen molar-refractivity contribution in [3.63, 3.8) is 0 Å². The van der Waals surface area contributed by atoms with Gasteiger partial charge in [-0.05, 0) is 90.8 Å². The van der Waals surface area contributed by atoms with E-state index >= 15 is 0 Å². The molecule has 34 heavy (non-hydrogen) atoms. The van der Waals surface area contributed by atoms with E-state index in [0.29, 0.717) is 30.8 Å². The first-order valence-corrected chi connectivity index (χ1v) is 13.7. The number of fused-ring (bicyclic) bond motifs is 5. The van der Waals surface area contributed by atoms with Crippen LogP contribution in [0.15, 0.2) is 0 Å². The van der Waals surface area contributed by atoms with Crippen LogP contribution in [0.3, 0.4) is 0 Å². The van der Waals surface area contributed by atoms with E-state index in [1.54, 1.807) is 0 Å². The van der Waals surface area contributed by atoms with Gasteiger partial charge < -0.3 is 25.2 Å². The number of esters is 1. The lowest BCUT2D eigenvalue weighted by molar-refractivity contribution is -0.162. The molecule has 0 aromatic carbocycles. The minimum Gasteiger partial charge on any atom is -0.465 e. The summed E-state index contributed by atoms with van der Waals surface area (Å²) in [7, 11) is 0. The highest BCUT2D eigenvalue weighted by molar-refractivity contribution is 5.74. The lowest BCUT2D eigenvalue weighted by Gasteiger charge is -2.56. The predicted molar refractivity (Wildman–Crippen MR) is 130 cm³/mol. The molecular weight excluding hydrogens is 432 g/mol. The summed E-state index contributed by atoms with van der Waals surface area (Å²) >= 11 is 0. The molecule has 1 heterocycles. The van der Waals surface area contributed by atoms with E-state index < -0.39 is 24.4 Å². The second-order valence-corrected chi connectivity index (χ2v) is 13.3. The fraction of sp³-hybridized carbons (Fsp3) is 0.964. The molecule has 0 radical (unpaired) electrons. The Morgan fingerprint density at radius 3 is 2.21 bits per heavy atom. The van der Waals surface area contributed by atoms with Crippen molar-refractivity contribution in [3.05, 3.63) is 0 Å². The van der Waals surface area contributed by atoms with Crippen LogP contribution in [0.5, 0.6) is 0 Å². The van der Waals surface area contributed by atoms with Crippen LogP contribution in [0.4, 0.5) is 0 Å². The Morgan fingerprint density at radius 1 is 0.912 bits per heavy atom. The van der Waals surface area contributed by atoms with Crippen molar-refractivity contribution in [1.82, 2.24) is 0 Å². The molecule has 3 saturated carbocycles. The van der Waals surface area contributed by atoms with Crippen molar-refractivity contribution in [3.8, 4) is 0 Å². The summed E-state index contributed by atoms with van der Waals surface area (Å²) in [6, 6.07) is 0. The molecule has 0 bridgehead atoms. The summed E-state index contributed by atoms with van der Waals surface area (Å²) in [5.41, 5.74) is -0.345. The zero-order valence-corrected chi connectivity index (χ0v) is 22.0. The lowest BCUT2D eigenvalue weighted by atomic mass is 9.48. The first-order chi connectivity index (χ1) is 15.8. The Kier molecular flexibility index (Phi) is 7.23.